The topological polar surface area (TPSA) is 50.5 Å². The first-order valence-electron chi connectivity index (χ1n) is 10.7. The average Bonchev–Trinajstić information content (AvgIpc) is 3.08. The van der Waals surface area contributed by atoms with Crippen LogP contribution in [-0.2, 0) is 13.1 Å². The first kappa shape index (κ1) is 19.7. The summed E-state index contributed by atoms with van der Waals surface area (Å²) < 4.78 is 6.27. The van der Waals surface area contributed by atoms with Gasteiger partial charge >= 0.3 is 0 Å². The van der Waals surface area contributed by atoms with E-state index < -0.39 is 11.6 Å². The van der Waals surface area contributed by atoms with Gasteiger partial charge in [0.1, 0.15) is 11.5 Å². The molecule has 0 radical (unpaired) electrons. The molecule has 0 amide bonds. The molecular formula is C27H25NO3. The molecule has 0 N–H and O–H groups in total. The summed E-state index contributed by atoms with van der Waals surface area (Å²) in [7, 11) is 2.03. The van der Waals surface area contributed by atoms with Crippen molar-refractivity contribution in [1.82, 2.24) is 4.90 Å². The van der Waals surface area contributed by atoms with Crippen LogP contribution in [0.1, 0.15) is 57.4 Å². The molecule has 0 saturated carbocycles. The Balaban J connectivity index is 1.59. The van der Waals surface area contributed by atoms with Crippen LogP contribution >= 0.6 is 0 Å². The van der Waals surface area contributed by atoms with Crippen molar-refractivity contribution in [3.8, 4) is 11.3 Å². The van der Waals surface area contributed by atoms with E-state index in [0.717, 1.165) is 46.7 Å². The maximum atomic E-state index is 13.2. The maximum Gasteiger partial charge on any atom is 0.237 e. The van der Waals surface area contributed by atoms with Crippen molar-refractivity contribution in [2.24, 2.45) is 0 Å². The Hall–Kier alpha value is -3.24. The number of carbonyl (C=O) groups is 2. The second-order valence-corrected chi connectivity index (χ2v) is 8.64. The number of hydrogen-bond acceptors (Lipinski definition) is 4. The molecule has 0 bridgehead atoms. The van der Waals surface area contributed by atoms with Crippen LogP contribution in [0.2, 0.25) is 0 Å². The summed E-state index contributed by atoms with van der Waals surface area (Å²) in [6.07, 6.45) is 3.95. The van der Waals surface area contributed by atoms with Crippen LogP contribution in [0.5, 0.6) is 0 Å². The van der Waals surface area contributed by atoms with Crippen LogP contribution in [0, 0.1) is 6.92 Å². The Labute approximate surface area is 181 Å². The Morgan fingerprint density at radius 1 is 0.935 bits per heavy atom. The molecule has 1 heterocycles. The molecule has 2 aromatic carbocycles. The summed E-state index contributed by atoms with van der Waals surface area (Å²) >= 11 is 0. The molecule has 31 heavy (non-hydrogen) atoms. The molecule has 2 aliphatic rings. The van der Waals surface area contributed by atoms with E-state index in [1.54, 1.807) is 0 Å². The average molecular weight is 412 g/mol. The summed E-state index contributed by atoms with van der Waals surface area (Å²) in [6, 6.07) is 14.2. The monoisotopic (exact) mass is 411 g/mol. The molecule has 4 heteroatoms. The number of furan rings is 1. The number of hydrogen-bond donors (Lipinski definition) is 0. The zero-order valence-electron chi connectivity index (χ0n) is 18.1. The molecule has 0 unspecified atom stereocenters. The lowest BCUT2D eigenvalue weighted by Gasteiger charge is -2.17. The highest BCUT2D eigenvalue weighted by atomic mass is 16.3. The smallest absolute Gasteiger partial charge is 0.237 e. The van der Waals surface area contributed by atoms with Crippen molar-refractivity contribution in [2.75, 3.05) is 7.05 Å². The van der Waals surface area contributed by atoms with Crippen LogP contribution in [0.25, 0.3) is 23.0 Å². The molecule has 0 aliphatic heterocycles. The lowest BCUT2D eigenvalue weighted by atomic mass is 9.83. The minimum absolute atomic E-state index is 0.418. The summed E-state index contributed by atoms with van der Waals surface area (Å²) in [5, 5.41) is 1.96. The minimum Gasteiger partial charge on any atom is -0.459 e. The zero-order valence-corrected chi connectivity index (χ0v) is 18.1. The van der Waals surface area contributed by atoms with Gasteiger partial charge in [-0.25, -0.2) is 0 Å². The van der Waals surface area contributed by atoms with Gasteiger partial charge in [0.2, 0.25) is 11.6 Å². The van der Waals surface area contributed by atoms with Gasteiger partial charge < -0.3 is 4.42 Å². The number of rotatable bonds is 4. The van der Waals surface area contributed by atoms with E-state index in [0.29, 0.717) is 23.4 Å². The van der Waals surface area contributed by atoms with Crippen LogP contribution in [0.4, 0.5) is 0 Å². The second kappa shape index (κ2) is 7.47. The molecule has 156 valence electrons. The molecule has 0 atom stereocenters. The van der Waals surface area contributed by atoms with Gasteiger partial charge in [0.05, 0.1) is 12.1 Å². The number of benzene rings is 2. The van der Waals surface area contributed by atoms with E-state index in [1.165, 1.54) is 11.1 Å². The highest BCUT2D eigenvalue weighted by molar-refractivity contribution is 6.53. The number of carbonyl (C=O) groups excluding carboxylic acids is 2. The van der Waals surface area contributed by atoms with Crippen LogP contribution in [0.15, 0.2) is 46.9 Å². The van der Waals surface area contributed by atoms with E-state index in [1.807, 2.05) is 38.2 Å². The van der Waals surface area contributed by atoms with Crippen molar-refractivity contribution in [1.29, 1.82) is 0 Å². The predicted octanol–water partition coefficient (Wildman–Crippen LogP) is 4.01. The maximum absolute atomic E-state index is 13.2. The number of fused-ring (bicyclic) bond motifs is 5. The Morgan fingerprint density at radius 3 is 2.45 bits per heavy atom. The molecule has 3 aromatic rings. The Kier molecular flexibility index (Phi) is 4.75. The number of Topliss-reactive ketones (excluding diaryl/α,β-unsaturated/α-hetero) is 2. The van der Waals surface area contributed by atoms with Crippen LogP contribution < -0.4 is 10.4 Å². The molecule has 0 fully saturated rings. The third-order valence-electron chi connectivity index (χ3n) is 6.43. The van der Waals surface area contributed by atoms with Crippen molar-refractivity contribution >= 4 is 23.2 Å². The normalized spacial score (nSPS) is 14.9. The molecule has 0 saturated heterocycles. The van der Waals surface area contributed by atoms with E-state index in [-0.39, 0.29) is 0 Å². The van der Waals surface area contributed by atoms with Crippen molar-refractivity contribution in [3.05, 3.63) is 80.9 Å². The van der Waals surface area contributed by atoms with Crippen molar-refractivity contribution in [3.63, 3.8) is 0 Å². The van der Waals surface area contributed by atoms with Gasteiger partial charge in [0.25, 0.3) is 0 Å². The van der Waals surface area contributed by atoms with E-state index in [4.69, 9.17) is 4.42 Å². The highest BCUT2D eigenvalue weighted by Crippen LogP contribution is 2.37. The number of nitrogens with zero attached hydrogens (tertiary/aromatic N) is 1. The zero-order chi connectivity index (χ0) is 21.7. The molecule has 4 nitrogen and oxygen atoms in total. The molecule has 1 aromatic heterocycles. The van der Waals surface area contributed by atoms with Gasteiger partial charge in [-0.2, -0.15) is 0 Å². The first-order chi connectivity index (χ1) is 15.0. The first-order valence-corrected chi connectivity index (χ1v) is 10.7. The Bertz CT molecular complexity index is 1350. The van der Waals surface area contributed by atoms with Gasteiger partial charge in [0.15, 0.2) is 0 Å². The quantitative estimate of drug-likeness (QED) is 0.609. The van der Waals surface area contributed by atoms with Gasteiger partial charge in [-0.05, 0) is 55.8 Å². The molecule has 5 rings (SSSR count). The minimum atomic E-state index is -0.453. The van der Waals surface area contributed by atoms with Crippen molar-refractivity contribution in [2.45, 2.75) is 39.8 Å². The fourth-order valence-electron chi connectivity index (χ4n) is 4.80. The predicted molar refractivity (Wildman–Crippen MR) is 121 cm³/mol. The van der Waals surface area contributed by atoms with E-state index in [2.05, 4.69) is 36.1 Å². The molecular weight excluding hydrogens is 386 g/mol. The highest BCUT2D eigenvalue weighted by Gasteiger charge is 2.37. The van der Waals surface area contributed by atoms with Gasteiger partial charge in [0, 0.05) is 23.2 Å². The SMILES string of the molecule is CC1=c2ccc3c(c2=CCC1)C(=O)C(=O)c1c-3oc(CN(C)Cc2ccccc2)c1C. The second-order valence-electron chi connectivity index (χ2n) is 8.64. The van der Waals surface area contributed by atoms with Gasteiger partial charge in [-0.1, -0.05) is 48.0 Å². The van der Waals surface area contributed by atoms with Gasteiger partial charge in [-0.15, -0.1) is 0 Å². The third-order valence-corrected chi connectivity index (χ3v) is 6.43. The number of ketones is 2. The fourth-order valence-corrected chi connectivity index (χ4v) is 4.80. The Morgan fingerprint density at radius 2 is 1.68 bits per heavy atom. The van der Waals surface area contributed by atoms with Crippen LogP contribution in [0.3, 0.4) is 0 Å². The van der Waals surface area contributed by atoms with Gasteiger partial charge in [-0.3, -0.25) is 14.5 Å². The molecule has 0 spiro atoms. The fraction of sp³-hybridized carbons (Fsp3) is 0.259. The van der Waals surface area contributed by atoms with Crippen molar-refractivity contribution < 1.29 is 14.0 Å². The summed E-state index contributed by atoms with van der Waals surface area (Å²) in [5.74, 6) is 0.408. The standard InChI is InChI=1S/C27H25NO3/c1-16-8-7-11-20-19(16)12-13-21-24(20)26(30)25(29)23-17(2)22(31-27(21)23)15-28(3)14-18-9-5-4-6-10-18/h4-6,9-13H,7-8,14-15H2,1-3H3. The van der Waals surface area contributed by atoms with E-state index in [9.17, 15) is 9.59 Å². The summed E-state index contributed by atoms with van der Waals surface area (Å²) in [4.78, 5) is 28.4. The lowest BCUT2D eigenvalue weighted by Crippen LogP contribution is -2.38. The van der Waals surface area contributed by atoms with E-state index >= 15 is 0 Å². The molecule has 2 aliphatic carbocycles. The van der Waals surface area contributed by atoms with Crippen LogP contribution in [-0.4, -0.2) is 23.5 Å². The lowest BCUT2D eigenvalue weighted by molar-refractivity contribution is 0.0813. The largest absolute Gasteiger partial charge is 0.459 e. The summed E-state index contributed by atoms with van der Waals surface area (Å²) in [5.41, 5.74) is 4.91. The summed E-state index contributed by atoms with van der Waals surface area (Å²) in [6.45, 7) is 5.31. The third kappa shape index (κ3) is 3.19.